The molecule has 0 aliphatic rings. The van der Waals surface area contributed by atoms with Crippen molar-refractivity contribution < 1.29 is 17.9 Å². The van der Waals surface area contributed by atoms with E-state index in [4.69, 9.17) is 23.2 Å². The highest BCUT2D eigenvalue weighted by Crippen LogP contribution is 2.37. The molecule has 39 heavy (non-hydrogen) atoms. The van der Waals surface area contributed by atoms with E-state index in [-0.39, 0.29) is 10.5 Å². The van der Waals surface area contributed by atoms with Crippen molar-refractivity contribution in [2.24, 2.45) is 0 Å². The first-order chi connectivity index (χ1) is 18.5. The molecule has 0 aliphatic heterocycles. The second-order valence-electron chi connectivity index (χ2n) is 8.98. The third kappa shape index (κ3) is 4.96. The van der Waals surface area contributed by atoms with Crippen molar-refractivity contribution in [3.63, 3.8) is 0 Å². The zero-order valence-corrected chi connectivity index (χ0v) is 23.4. The average molecular weight is 586 g/mol. The molecule has 0 spiro atoms. The summed E-state index contributed by atoms with van der Waals surface area (Å²) in [6.45, 7) is 2.88. The normalized spacial score (nSPS) is 11.8. The molecule has 0 saturated heterocycles. The summed E-state index contributed by atoms with van der Waals surface area (Å²) >= 11 is 12.7. The van der Waals surface area contributed by atoms with E-state index in [9.17, 15) is 17.9 Å². The van der Waals surface area contributed by atoms with Crippen LogP contribution < -0.4 is 0 Å². The summed E-state index contributed by atoms with van der Waals surface area (Å²) in [6.07, 6.45) is 2.56. The minimum atomic E-state index is -3.82. The van der Waals surface area contributed by atoms with Gasteiger partial charge in [0, 0.05) is 22.4 Å². The second-order valence-corrected chi connectivity index (χ2v) is 11.8. The van der Waals surface area contributed by atoms with Gasteiger partial charge in [0.1, 0.15) is 16.8 Å². The Hall–Kier alpha value is -3.57. The first-order valence-corrected chi connectivity index (χ1v) is 14.3. The van der Waals surface area contributed by atoms with Crippen LogP contribution in [-0.4, -0.2) is 44.3 Å². The lowest BCUT2D eigenvalue weighted by Gasteiger charge is -2.17. The largest absolute Gasteiger partial charge is 0.392 e. The fourth-order valence-electron chi connectivity index (χ4n) is 4.49. The van der Waals surface area contributed by atoms with Crippen molar-refractivity contribution in [3.8, 4) is 33.8 Å². The van der Waals surface area contributed by atoms with Crippen molar-refractivity contribution in [1.82, 2.24) is 24.5 Å². The van der Waals surface area contributed by atoms with Crippen LogP contribution in [0.15, 0.2) is 65.7 Å². The van der Waals surface area contributed by atoms with Crippen molar-refractivity contribution in [3.05, 3.63) is 93.9 Å². The molecule has 0 unspecified atom stereocenters. The van der Waals surface area contributed by atoms with E-state index in [1.165, 1.54) is 12.1 Å². The highest BCUT2D eigenvalue weighted by Gasteiger charge is 2.22. The van der Waals surface area contributed by atoms with E-state index in [0.717, 1.165) is 6.26 Å². The maximum atomic E-state index is 15.0. The maximum Gasteiger partial charge on any atom is 0.176 e. The summed E-state index contributed by atoms with van der Waals surface area (Å²) in [4.78, 5) is 4.21. The molecule has 12 heteroatoms. The molecule has 3 aromatic carbocycles. The Labute approximate surface area is 234 Å². The van der Waals surface area contributed by atoms with Gasteiger partial charge in [0.05, 0.1) is 40.5 Å². The Morgan fingerprint density at radius 2 is 1.72 bits per heavy atom. The van der Waals surface area contributed by atoms with E-state index in [0.29, 0.717) is 55.5 Å². The van der Waals surface area contributed by atoms with Crippen LogP contribution in [0.1, 0.15) is 17.1 Å². The molecule has 0 bridgehead atoms. The molecule has 1 N–H and O–H groups in total. The fourth-order valence-corrected chi connectivity index (χ4v) is 5.82. The van der Waals surface area contributed by atoms with Crippen LogP contribution in [0.25, 0.3) is 33.8 Å². The van der Waals surface area contributed by atoms with Gasteiger partial charge in [-0.1, -0.05) is 34.5 Å². The van der Waals surface area contributed by atoms with E-state index >= 15 is 0 Å². The van der Waals surface area contributed by atoms with Crippen LogP contribution in [0, 0.1) is 19.7 Å². The second kappa shape index (κ2) is 10.2. The van der Waals surface area contributed by atoms with E-state index in [1.807, 2.05) is 6.92 Å². The molecule has 2 heterocycles. The summed E-state index contributed by atoms with van der Waals surface area (Å²) in [6, 6.07) is 14.9. The van der Waals surface area contributed by atoms with Gasteiger partial charge in [-0.2, -0.15) is 0 Å². The molecule has 0 amide bonds. The topological polar surface area (TPSA) is 103 Å². The zero-order valence-electron chi connectivity index (χ0n) is 21.0. The first-order valence-electron chi connectivity index (χ1n) is 11.7. The molecular weight excluding hydrogens is 564 g/mol. The average Bonchev–Trinajstić information content (AvgIpc) is 3.47. The van der Waals surface area contributed by atoms with E-state index < -0.39 is 22.3 Å². The zero-order chi connectivity index (χ0) is 28.1. The highest BCUT2D eigenvalue weighted by molar-refractivity contribution is 7.90. The molecule has 0 aliphatic carbocycles. The predicted octanol–water partition coefficient (Wildman–Crippen LogP) is 5.75. The lowest BCUT2D eigenvalue weighted by Crippen LogP contribution is -2.06. The molecule has 0 fully saturated rings. The Morgan fingerprint density at radius 1 is 1.00 bits per heavy atom. The lowest BCUT2D eigenvalue weighted by molar-refractivity contribution is 0.272. The molecule has 2 aromatic heterocycles. The quantitative estimate of drug-likeness (QED) is 0.272. The van der Waals surface area contributed by atoms with Gasteiger partial charge in [-0.3, -0.25) is 4.57 Å². The molecule has 5 aromatic rings. The van der Waals surface area contributed by atoms with Crippen LogP contribution in [0.5, 0.6) is 0 Å². The summed E-state index contributed by atoms with van der Waals surface area (Å²) in [5.41, 5.74) is 3.78. The molecule has 5 rings (SSSR count). The number of hydrogen-bond donors (Lipinski definition) is 1. The number of aryl methyl sites for hydroxylation is 2. The predicted molar refractivity (Wildman–Crippen MR) is 148 cm³/mol. The van der Waals surface area contributed by atoms with E-state index in [2.05, 4.69) is 15.3 Å². The Kier molecular flexibility index (Phi) is 7.06. The van der Waals surface area contributed by atoms with Crippen LogP contribution in [0.3, 0.4) is 0 Å². The number of rotatable bonds is 6. The number of imidazole rings is 1. The Balaban J connectivity index is 1.79. The lowest BCUT2D eigenvalue weighted by atomic mass is 9.98. The monoisotopic (exact) mass is 585 g/mol. The van der Waals surface area contributed by atoms with Crippen molar-refractivity contribution >= 4 is 33.0 Å². The fraction of sp³-hybridized carbons (Fsp3) is 0.148. The number of nitrogens with zero attached hydrogens (tertiary/aromatic N) is 5. The maximum absolute atomic E-state index is 15.0. The first kappa shape index (κ1) is 27.0. The molecule has 0 radical (unpaired) electrons. The van der Waals surface area contributed by atoms with Crippen LogP contribution in [-0.2, 0) is 16.4 Å². The third-order valence-electron chi connectivity index (χ3n) is 6.33. The van der Waals surface area contributed by atoms with Gasteiger partial charge < -0.3 is 5.11 Å². The number of aliphatic hydroxyl groups is 1. The van der Waals surface area contributed by atoms with Crippen LogP contribution >= 0.6 is 23.2 Å². The van der Waals surface area contributed by atoms with Crippen LogP contribution in [0.2, 0.25) is 10.2 Å². The highest BCUT2D eigenvalue weighted by atomic mass is 35.5. The standard InChI is InChI=1S/C27H22Cl2FN5O3S/c1-15-27(29)34(16(2)32-15)24-9-4-17(18-11-23(30)22(14-36)26(12-18)39(3,37)38)10-21(24)25-13-31-33-35(25)20-7-5-19(28)6-8-20/h4-13,36H,14H2,1-3H3. The SMILES string of the molecule is Cc1nc(C)n(-c2ccc(-c3cc(F)c(CO)c(S(C)(=O)=O)c3)cc2-c2cnnn2-c2ccc(Cl)cc2)c1Cl. The number of hydrogen-bond acceptors (Lipinski definition) is 6. The summed E-state index contributed by atoms with van der Waals surface area (Å²) in [5, 5.41) is 19.0. The molecular formula is C27H22Cl2FN5O3S. The van der Waals surface area contributed by atoms with E-state index in [1.54, 1.807) is 64.8 Å². The number of aliphatic hydroxyl groups excluding tert-OH is 1. The molecule has 200 valence electrons. The van der Waals surface area contributed by atoms with Crippen molar-refractivity contribution in [2.75, 3.05) is 6.26 Å². The van der Waals surface area contributed by atoms with Gasteiger partial charge in [0.25, 0.3) is 0 Å². The van der Waals surface area contributed by atoms with Gasteiger partial charge in [0.2, 0.25) is 0 Å². The molecule has 0 saturated carbocycles. The molecule has 8 nitrogen and oxygen atoms in total. The third-order valence-corrected chi connectivity index (χ3v) is 8.19. The number of benzene rings is 3. The van der Waals surface area contributed by atoms with Gasteiger partial charge in [-0.25, -0.2) is 22.5 Å². The van der Waals surface area contributed by atoms with Crippen molar-refractivity contribution in [2.45, 2.75) is 25.3 Å². The summed E-state index contributed by atoms with van der Waals surface area (Å²) in [7, 11) is -3.82. The van der Waals surface area contributed by atoms with Crippen LogP contribution in [0.4, 0.5) is 4.39 Å². The summed E-state index contributed by atoms with van der Waals surface area (Å²) in [5.74, 6) is -0.173. The van der Waals surface area contributed by atoms with Crippen molar-refractivity contribution in [1.29, 1.82) is 0 Å². The van der Waals surface area contributed by atoms with Gasteiger partial charge in [0.15, 0.2) is 9.84 Å². The molecule has 0 atom stereocenters. The number of sulfone groups is 1. The minimum Gasteiger partial charge on any atom is -0.392 e. The Morgan fingerprint density at radius 3 is 2.33 bits per heavy atom. The van der Waals surface area contributed by atoms with Gasteiger partial charge in [-0.15, -0.1) is 5.10 Å². The van der Waals surface area contributed by atoms with Gasteiger partial charge >= 0.3 is 0 Å². The minimum absolute atomic E-state index is 0.275. The number of halogens is 3. The summed E-state index contributed by atoms with van der Waals surface area (Å²) < 4.78 is 43.2. The Bertz CT molecular complexity index is 1830. The number of aromatic nitrogens is 5. The smallest absolute Gasteiger partial charge is 0.176 e. The van der Waals surface area contributed by atoms with Gasteiger partial charge in [-0.05, 0) is 73.5 Å².